The highest BCUT2D eigenvalue weighted by atomic mass is 32.2. The number of nitrogens with one attached hydrogen (secondary N) is 1. The molecule has 0 radical (unpaired) electrons. The highest BCUT2D eigenvalue weighted by Crippen LogP contribution is 2.37. The molecule has 0 amide bonds. The van der Waals surface area contributed by atoms with Crippen molar-refractivity contribution >= 4 is 46.7 Å². The van der Waals surface area contributed by atoms with Gasteiger partial charge in [-0.3, -0.25) is 19.0 Å². The Bertz CT molecular complexity index is 1150. The topological polar surface area (TPSA) is 144 Å². The first-order chi connectivity index (χ1) is 17.4. The Morgan fingerprint density at radius 2 is 1.78 bits per heavy atom. The lowest BCUT2D eigenvalue weighted by molar-refractivity contribution is -0.166. The Hall–Kier alpha value is -3.14. The van der Waals surface area contributed by atoms with Gasteiger partial charge in [0.2, 0.25) is 0 Å². The molecule has 1 N–H and O–H groups in total. The Morgan fingerprint density at radius 3 is 2.38 bits per heavy atom. The summed E-state index contributed by atoms with van der Waals surface area (Å²) in [5.41, 5.74) is 0.469. The zero-order valence-corrected chi connectivity index (χ0v) is 21.2. The number of fused-ring (bicyclic) bond motifs is 1. The monoisotopic (exact) mass is 549 g/mol. The molecule has 3 heterocycles. The third kappa shape index (κ3) is 7.44. The van der Waals surface area contributed by atoms with E-state index < -0.39 is 55.0 Å². The summed E-state index contributed by atoms with van der Waals surface area (Å²) in [7, 11) is 0. The van der Waals surface area contributed by atoms with Crippen LogP contribution in [0.2, 0.25) is 0 Å². The van der Waals surface area contributed by atoms with E-state index >= 15 is 0 Å². The number of alkyl halides is 3. The van der Waals surface area contributed by atoms with Gasteiger partial charge in [0.15, 0.2) is 40.6 Å². The van der Waals surface area contributed by atoms with Crippen LogP contribution in [0.4, 0.5) is 19.0 Å². The molecule has 0 unspecified atom stereocenters. The van der Waals surface area contributed by atoms with E-state index in [2.05, 4.69) is 20.3 Å². The molecular formula is C21H26F3N5O7S. The maximum absolute atomic E-state index is 12.6. The summed E-state index contributed by atoms with van der Waals surface area (Å²) in [5, 5.41) is 3.07. The average Bonchev–Trinajstić information content (AvgIpc) is 3.33. The van der Waals surface area contributed by atoms with Crippen LogP contribution in [0.5, 0.6) is 0 Å². The summed E-state index contributed by atoms with van der Waals surface area (Å²) in [6, 6.07) is 0. The molecule has 4 atom stereocenters. The molecule has 1 saturated heterocycles. The fourth-order valence-electron chi connectivity index (χ4n) is 3.61. The number of anilines is 1. The van der Waals surface area contributed by atoms with Crippen LogP contribution in [0.1, 0.15) is 40.3 Å². The zero-order valence-electron chi connectivity index (χ0n) is 20.4. The predicted octanol–water partition coefficient (Wildman–Crippen LogP) is 2.63. The number of aromatic nitrogens is 4. The summed E-state index contributed by atoms with van der Waals surface area (Å²) in [6.45, 7) is 5.46. The van der Waals surface area contributed by atoms with Gasteiger partial charge in [-0.2, -0.15) is 13.2 Å². The van der Waals surface area contributed by atoms with E-state index in [0.717, 1.165) is 25.6 Å². The van der Waals surface area contributed by atoms with E-state index in [0.29, 0.717) is 12.1 Å². The van der Waals surface area contributed by atoms with Gasteiger partial charge >= 0.3 is 24.1 Å². The summed E-state index contributed by atoms with van der Waals surface area (Å²) < 4.78 is 61.2. The smallest absolute Gasteiger partial charge is 0.389 e. The molecule has 3 rings (SSSR count). The van der Waals surface area contributed by atoms with E-state index in [9.17, 15) is 27.6 Å². The highest BCUT2D eigenvalue weighted by molar-refractivity contribution is 7.99. The average molecular weight is 550 g/mol. The van der Waals surface area contributed by atoms with Crippen LogP contribution in [0.25, 0.3) is 11.2 Å². The van der Waals surface area contributed by atoms with Crippen LogP contribution in [0.15, 0.2) is 11.5 Å². The van der Waals surface area contributed by atoms with Gasteiger partial charge in [0.25, 0.3) is 0 Å². The Kier molecular flexibility index (Phi) is 9.17. The number of hydrogen-bond donors (Lipinski definition) is 1. The second-order valence-electron chi connectivity index (χ2n) is 7.94. The lowest BCUT2D eigenvalue weighted by Crippen LogP contribution is -2.40. The molecule has 37 heavy (non-hydrogen) atoms. The number of imidazole rings is 1. The standard InChI is InChI=1S/C21H26F3N5O7S/c1-5-25-17-14-18(28-20(27-17)37-7-6-21(22,23)24)29(9-26-14)19-16(35-12(4)32)15(34-11(3)31)13(36-19)8-33-10(2)30/h9,13,15-16,19H,5-8H2,1-4H3,(H,25,27,28)/t13-,15-,16-,19-/m1/s1. The van der Waals surface area contributed by atoms with Crippen LogP contribution in [0.3, 0.4) is 0 Å². The first kappa shape index (κ1) is 28.4. The molecule has 1 aliphatic rings. The maximum Gasteiger partial charge on any atom is 0.389 e. The molecule has 12 nitrogen and oxygen atoms in total. The van der Waals surface area contributed by atoms with Crippen molar-refractivity contribution in [2.75, 3.05) is 24.2 Å². The molecule has 204 valence electrons. The normalized spacial score (nSPS) is 21.6. The fourth-order valence-corrected chi connectivity index (χ4v) is 4.44. The van der Waals surface area contributed by atoms with Crippen molar-refractivity contribution in [3.63, 3.8) is 0 Å². The quantitative estimate of drug-likeness (QED) is 0.201. The predicted molar refractivity (Wildman–Crippen MR) is 123 cm³/mol. The van der Waals surface area contributed by atoms with E-state index in [-0.39, 0.29) is 29.0 Å². The fraction of sp³-hybridized carbons (Fsp3) is 0.619. The first-order valence-electron chi connectivity index (χ1n) is 11.2. The van der Waals surface area contributed by atoms with Crippen molar-refractivity contribution in [1.82, 2.24) is 19.5 Å². The molecule has 2 aromatic heterocycles. The largest absolute Gasteiger partial charge is 0.463 e. The SMILES string of the molecule is CCNc1nc(SCCC(F)(F)F)nc2c1ncn2[C@@H]1O[C@H](COC(C)=O)[C@@H](OC(C)=O)[C@H]1OC(C)=O. The van der Waals surface area contributed by atoms with Crippen molar-refractivity contribution in [1.29, 1.82) is 0 Å². The molecule has 0 bridgehead atoms. The Labute approximate surface area is 213 Å². The number of hydrogen-bond acceptors (Lipinski definition) is 12. The summed E-state index contributed by atoms with van der Waals surface area (Å²) in [5.74, 6) is -2.00. The summed E-state index contributed by atoms with van der Waals surface area (Å²) >= 11 is 0.813. The molecular weight excluding hydrogens is 523 g/mol. The van der Waals surface area contributed by atoms with Gasteiger partial charge < -0.3 is 24.3 Å². The number of thioether (sulfide) groups is 1. The van der Waals surface area contributed by atoms with Gasteiger partial charge in [-0.15, -0.1) is 0 Å². The van der Waals surface area contributed by atoms with E-state index in [1.165, 1.54) is 17.8 Å². The van der Waals surface area contributed by atoms with E-state index in [4.69, 9.17) is 18.9 Å². The minimum atomic E-state index is -4.33. The molecule has 1 fully saturated rings. The summed E-state index contributed by atoms with van der Waals surface area (Å²) in [4.78, 5) is 48.1. The van der Waals surface area contributed by atoms with Gasteiger partial charge in [0.05, 0.1) is 12.7 Å². The number of rotatable bonds is 10. The van der Waals surface area contributed by atoms with Gasteiger partial charge in [-0.1, -0.05) is 11.8 Å². The molecule has 0 spiro atoms. The number of ether oxygens (including phenoxy) is 4. The molecule has 2 aromatic rings. The van der Waals surface area contributed by atoms with Gasteiger partial charge in [-0.25, -0.2) is 15.0 Å². The van der Waals surface area contributed by atoms with Crippen molar-refractivity contribution in [2.24, 2.45) is 0 Å². The van der Waals surface area contributed by atoms with Crippen LogP contribution in [-0.2, 0) is 33.3 Å². The minimum Gasteiger partial charge on any atom is -0.463 e. The van der Waals surface area contributed by atoms with Crippen molar-refractivity contribution in [3.8, 4) is 0 Å². The maximum atomic E-state index is 12.6. The number of carbonyl (C=O) groups is 3. The van der Waals surface area contributed by atoms with Crippen molar-refractivity contribution in [3.05, 3.63) is 6.33 Å². The van der Waals surface area contributed by atoms with E-state index in [1.807, 2.05) is 6.92 Å². The second kappa shape index (κ2) is 11.9. The van der Waals surface area contributed by atoms with E-state index in [1.54, 1.807) is 0 Å². The molecule has 0 aliphatic carbocycles. The number of esters is 3. The zero-order chi connectivity index (χ0) is 27.3. The third-order valence-electron chi connectivity index (χ3n) is 4.98. The van der Waals surface area contributed by atoms with Gasteiger partial charge in [0.1, 0.15) is 12.7 Å². The molecule has 1 aliphatic heterocycles. The molecule has 0 saturated carbocycles. The first-order valence-corrected chi connectivity index (χ1v) is 12.2. The van der Waals surface area contributed by atoms with Gasteiger partial charge in [0, 0.05) is 33.1 Å². The van der Waals surface area contributed by atoms with Crippen molar-refractivity contribution in [2.45, 2.75) is 70.0 Å². The summed E-state index contributed by atoms with van der Waals surface area (Å²) in [6.07, 6.45) is -8.48. The minimum absolute atomic E-state index is 0.0597. The number of carbonyl (C=O) groups excluding carboxylic acids is 3. The van der Waals surface area contributed by atoms with Gasteiger partial charge in [-0.05, 0) is 6.92 Å². The highest BCUT2D eigenvalue weighted by Gasteiger charge is 2.51. The van der Waals surface area contributed by atoms with Crippen LogP contribution < -0.4 is 5.32 Å². The van der Waals surface area contributed by atoms with Crippen LogP contribution in [0, 0.1) is 0 Å². The van der Waals surface area contributed by atoms with Crippen molar-refractivity contribution < 1.29 is 46.5 Å². The van der Waals surface area contributed by atoms with Crippen LogP contribution >= 0.6 is 11.8 Å². The van der Waals surface area contributed by atoms with Crippen LogP contribution in [-0.4, -0.2) is 80.8 Å². The number of nitrogens with zero attached hydrogens (tertiary/aromatic N) is 4. The Balaban J connectivity index is 2.03. The lowest BCUT2D eigenvalue weighted by Gasteiger charge is -2.23. The number of halogens is 3. The Morgan fingerprint density at radius 1 is 1.11 bits per heavy atom. The lowest BCUT2D eigenvalue weighted by atomic mass is 10.1. The molecule has 16 heteroatoms. The second-order valence-corrected chi connectivity index (χ2v) is 9.00. The third-order valence-corrected chi connectivity index (χ3v) is 5.83. The molecule has 0 aromatic carbocycles.